The number of anilines is 1. The van der Waals surface area contributed by atoms with Crippen molar-refractivity contribution in [2.24, 2.45) is 0 Å². The van der Waals surface area contributed by atoms with Crippen molar-refractivity contribution >= 4 is 61.2 Å². The number of hydrogen-bond acceptors (Lipinski definition) is 3. The Labute approximate surface area is 177 Å². The smallest absolute Gasteiger partial charge is 0.292 e. The highest BCUT2D eigenvalue weighted by Crippen LogP contribution is 2.28. The fourth-order valence-electron chi connectivity index (χ4n) is 2.31. The molecule has 3 aromatic rings. The van der Waals surface area contributed by atoms with E-state index in [1.165, 1.54) is 0 Å². The van der Waals surface area contributed by atoms with E-state index in [1.54, 1.807) is 36.4 Å². The van der Waals surface area contributed by atoms with Gasteiger partial charge in [-0.2, -0.15) is 0 Å². The van der Waals surface area contributed by atoms with Gasteiger partial charge < -0.3 is 0 Å². The van der Waals surface area contributed by atoms with Crippen LogP contribution in [-0.2, 0) is 0 Å². The largest absolute Gasteiger partial charge is 0.327 e. The lowest BCUT2D eigenvalue weighted by molar-refractivity contribution is 0.0966. The number of aromatic nitrogens is 1. The standard InChI is InChI=1S/C19H12Br2ClN3O2/c20-12-7-5-11(6-8-12)13-9-10-16(23-17(13)22)24-19(27)25-18(26)14-3-1-2-4-15(14)21/h1-10H,(H2,23,24,25,26,27). The van der Waals surface area contributed by atoms with Gasteiger partial charge >= 0.3 is 6.03 Å². The summed E-state index contributed by atoms with van der Waals surface area (Å²) >= 11 is 12.9. The second-order valence-electron chi connectivity index (χ2n) is 5.43. The van der Waals surface area contributed by atoms with Gasteiger partial charge in [0.1, 0.15) is 11.0 Å². The molecule has 0 unspecified atom stereocenters. The first-order chi connectivity index (χ1) is 12.9. The molecular weight excluding hydrogens is 497 g/mol. The molecule has 0 aliphatic rings. The number of amides is 3. The fourth-order valence-corrected chi connectivity index (χ4v) is 3.30. The van der Waals surface area contributed by atoms with Crippen molar-refractivity contribution in [3.8, 4) is 11.1 Å². The highest BCUT2D eigenvalue weighted by Gasteiger charge is 2.14. The average molecular weight is 510 g/mol. The van der Waals surface area contributed by atoms with Crippen LogP contribution in [0, 0.1) is 0 Å². The summed E-state index contributed by atoms with van der Waals surface area (Å²) in [5.41, 5.74) is 1.99. The second-order valence-corrected chi connectivity index (χ2v) is 7.56. The molecular formula is C19H12Br2ClN3O2. The predicted molar refractivity (Wildman–Crippen MR) is 113 cm³/mol. The molecule has 2 aromatic carbocycles. The van der Waals surface area contributed by atoms with Crippen LogP contribution in [0.2, 0.25) is 5.15 Å². The van der Waals surface area contributed by atoms with Gasteiger partial charge in [-0.3, -0.25) is 15.4 Å². The number of urea groups is 1. The topological polar surface area (TPSA) is 71.1 Å². The third-order valence-electron chi connectivity index (χ3n) is 3.59. The SMILES string of the molecule is O=C(NC(=O)c1ccccc1Br)Nc1ccc(-c2ccc(Br)cc2)c(Cl)n1. The highest BCUT2D eigenvalue weighted by molar-refractivity contribution is 9.10. The van der Waals surface area contributed by atoms with Gasteiger partial charge in [-0.15, -0.1) is 0 Å². The molecule has 0 fully saturated rings. The fraction of sp³-hybridized carbons (Fsp3) is 0. The Kier molecular flexibility index (Phi) is 6.26. The Morgan fingerprint density at radius 3 is 2.30 bits per heavy atom. The van der Waals surface area contributed by atoms with Gasteiger partial charge in [-0.1, -0.05) is 51.8 Å². The minimum atomic E-state index is -0.698. The van der Waals surface area contributed by atoms with Gasteiger partial charge in [0.05, 0.1) is 5.56 Å². The zero-order chi connectivity index (χ0) is 19.4. The lowest BCUT2D eigenvalue weighted by Gasteiger charge is -2.09. The zero-order valence-corrected chi connectivity index (χ0v) is 17.6. The minimum Gasteiger partial charge on any atom is -0.292 e. The number of halogens is 3. The van der Waals surface area contributed by atoms with Crippen LogP contribution in [0.4, 0.5) is 10.6 Å². The van der Waals surface area contributed by atoms with E-state index < -0.39 is 11.9 Å². The zero-order valence-electron chi connectivity index (χ0n) is 13.7. The molecule has 1 heterocycles. The van der Waals surface area contributed by atoms with Crippen molar-refractivity contribution in [1.82, 2.24) is 10.3 Å². The quantitative estimate of drug-likeness (QED) is 0.433. The van der Waals surface area contributed by atoms with Gasteiger partial charge in [-0.25, -0.2) is 9.78 Å². The van der Waals surface area contributed by atoms with Crippen LogP contribution >= 0.6 is 43.5 Å². The van der Waals surface area contributed by atoms with Gasteiger partial charge in [-0.05, 0) is 57.9 Å². The van der Waals surface area contributed by atoms with E-state index in [-0.39, 0.29) is 11.0 Å². The highest BCUT2D eigenvalue weighted by atomic mass is 79.9. The number of benzene rings is 2. The van der Waals surface area contributed by atoms with Gasteiger partial charge in [0.15, 0.2) is 0 Å². The van der Waals surface area contributed by atoms with E-state index in [0.29, 0.717) is 10.0 Å². The van der Waals surface area contributed by atoms with Gasteiger partial charge in [0.2, 0.25) is 0 Å². The molecule has 0 bridgehead atoms. The number of rotatable bonds is 3. The molecule has 2 N–H and O–H groups in total. The summed E-state index contributed by atoms with van der Waals surface area (Å²) in [6.07, 6.45) is 0. The first kappa shape index (κ1) is 19.5. The van der Waals surface area contributed by atoms with Crippen LogP contribution in [0.15, 0.2) is 69.6 Å². The molecule has 0 spiro atoms. The van der Waals surface area contributed by atoms with Crippen molar-refractivity contribution in [3.05, 3.63) is 80.3 Å². The summed E-state index contributed by atoms with van der Waals surface area (Å²) in [4.78, 5) is 28.4. The summed E-state index contributed by atoms with van der Waals surface area (Å²) in [5.74, 6) is -0.296. The average Bonchev–Trinajstić information content (AvgIpc) is 2.63. The molecule has 0 aliphatic carbocycles. The molecule has 3 amide bonds. The van der Waals surface area contributed by atoms with Gasteiger partial charge in [0, 0.05) is 14.5 Å². The Balaban J connectivity index is 1.69. The van der Waals surface area contributed by atoms with Crippen molar-refractivity contribution < 1.29 is 9.59 Å². The van der Waals surface area contributed by atoms with Gasteiger partial charge in [0.25, 0.3) is 5.91 Å². The maximum absolute atomic E-state index is 12.1. The molecule has 1 aromatic heterocycles. The first-order valence-electron chi connectivity index (χ1n) is 7.73. The van der Waals surface area contributed by atoms with E-state index in [4.69, 9.17) is 11.6 Å². The van der Waals surface area contributed by atoms with E-state index >= 15 is 0 Å². The predicted octanol–water partition coefficient (Wildman–Crippen LogP) is 5.89. The Morgan fingerprint density at radius 2 is 1.63 bits per heavy atom. The Morgan fingerprint density at radius 1 is 0.926 bits per heavy atom. The molecule has 0 saturated carbocycles. The summed E-state index contributed by atoms with van der Waals surface area (Å²) in [7, 11) is 0. The third kappa shape index (κ3) is 4.94. The summed E-state index contributed by atoms with van der Waals surface area (Å²) in [6.45, 7) is 0. The number of nitrogens with one attached hydrogen (secondary N) is 2. The third-order valence-corrected chi connectivity index (χ3v) is 5.10. The van der Waals surface area contributed by atoms with Crippen LogP contribution in [0.1, 0.15) is 10.4 Å². The molecule has 0 radical (unpaired) electrons. The summed E-state index contributed by atoms with van der Waals surface area (Å²) < 4.78 is 1.55. The van der Waals surface area contributed by atoms with Crippen LogP contribution in [-0.4, -0.2) is 16.9 Å². The number of imide groups is 1. The lowest BCUT2D eigenvalue weighted by atomic mass is 10.1. The number of hydrogen-bond donors (Lipinski definition) is 2. The number of nitrogens with zero attached hydrogens (tertiary/aromatic N) is 1. The summed E-state index contributed by atoms with van der Waals surface area (Å²) in [5, 5.41) is 4.99. The van der Waals surface area contributed by atoms with E-state index in [9.17, 15) is 9.59 Å². The molecule has 136 valence electrons. The molecule has 27 heavy (non-hydrogen) atoms. The van der Waals surface area contributed by atoms with E-state index in [1.807, 2.05) is 24.3 Å². The van der Waals surface area contributed by atoms with Crippen molar-refractivity contribution in [3.63, 3.8) is 0 Å². The van der Waals surface area contributed by atoms with Crippen molar-refractivity contribution in [2.45, 2.75) is 0 Å². The summed E-state index contributed by atoms with van der Waals surface area (Å²) in [6, 6.07) is 17.1. The number of carbonyl (C=O) groups excluding carboxylic acids is 2. The Hall–Kier alpha value is -2.22. The monoisotopic (exact) mass is 507 g/mol. The molecule has 0 aliphatic heterocycles. The number of carbonyl (C=O) groups is 2. The maximum atomic E-state index is 12.1. The normalized spacial score (nSPS) is 10.3. The van der Waals surface area contributed by atoms with Crippen LogP contribution < -0.4 is 10.6 Å². The minimum absolute atomic E-state index is 0.235. The number of pyridine rings is 1. The van der Waals surface area contributed by atoms with Crippen LogP contribution in [0.25, 0.3) is 11.1 Å². The first-order valence-corrected chi connectivity index (χ1v) is 9.70. The molecule has 5 nitrogen and oxygen atoms in total. The van der Waals surface area contributed by atoms with E-state index in [2.05, 4.69) is 47.5 Å². The molecule has 8 heteroatoms. The van der Waals surface area contributed by atoms with E-state index in [0.717, 1.165) is 15.6 Å². The van der Waals surface area contributed by atoms with Crippen LogP contribution in [0.3, 0.4) is 0 Å². The van der Waals surface area contributed by atoms with Crippen LogP contribution in [0.5, 0.6) is 0 Å². The van der Waals surface area contributed by atoms with Crippen molar-refractivity contribution in [2.75, 3.05) is 5.32 Å². The molecule has 3 rings (SSSR count). The lowest BCUT2D eigenvalue weighted by Crippen LogP contribution is -2.34. The molecule has 0 atom stereocenters. The molecule has 0 saturated heterocycles. The second kappa shape index (κ2) is 8.65. The Bertz CT molecular complexity index is 1010. The maximum Gasteiger partial charge on any atom is 0.327 e. The van der Waals surface area contributed by atoms with Crippen molar-refractivity contribution in [1.29, 1.82) is 0 Å².